The number of ether oxygens (including phenoxy) is 3. The third-order valence-electron chi connectivity index (χ3n) is 4.50. The molecule has 6 nitrogen and oxygen atoms in total. The molecule has 2 N–H and O–H groups in total. The van der Waals surface area contributed by atoms with Gasteiger partial charge in [-0.05, 0) is 65.3 Å². The number of rotatable bonds is 7. The fourth-order valence-corrected chi connectivity index (χ4v) is 4.13. The lowest BCUT2D eigenvalue weighted by atomic mass is 9.92. The Kier molecular flexibility index (Phi) is 7.33. The number of hydrogen-bond donors (Lipinski definition) is 2. The minimum Gasteiger partial charge on any atom is -0.492 e. The summed E-state index contributed by atoms with van der Waals surface area (Å²) in [7, 11) is 1.58. The fraction of sp³-hybridized carbons (Fsp3) is 0.273. The molecule has 0 radical (unpaired) electrons. The Morgan fingerprint density at radius 2 is 1.90 bits per heavy atom. The van der Waals surface area contributed by atoms with Gasteiger partial charge in [-0.3, -0.25) is 0 Å². The molecule has 0 aliphatic carbocycles. The molecule has 30 heavy (non-hydrogen) atoms. The number of halogens is 1. The Morgan fingerprint density at radius 1 is 1.17 bits per heavy atom. The van der Waals surface area contributed by atoms with E-state index < -0.39 is 12.0 Å². The van der Waals surface area contributed by atoms with E-state index in [1.54, 1.807) is 14.0 Å². The number of nitrogens with one attached hydrogen (secondary N) is 2. The first-order valence-electron chi connectivity index (χ1n) is 9.54. The van der Waals surface area contributed by atoms with Crippen LogP contribution < -0.4 is 20.1 Å². The van der Waals surface area contributed by atoms with Crippen molar-refractivity contribution in [2.45, 2.75) is 19.9 Å². The number of thiocarbonyl (C=S) groups is 1. The molecular weight excluding hydrogens is 468 g/mol. The van der Waals surface area contributed by atoms with Crippen LogP contribution in [0.1, 0.15) is 31.0 Å². The minimum absolute atomic E-state index is 0.262. The standard InChI is InChI=1S/C22H23BrN2O4S/c1-4-28-16-12-14(11-15(23)20(16)27-3)19-17(21(26)29-5-2)18(24-22(30)25-19)13-9-7-6-8-10-13/h6-12,19H,4-5H2,1-3H3,(H2,24,25,30). The number of methoxy groups -OCH3 is 1. The zero-order chi connectivity index (χ0) is 21.7. The highest BCUT2D eigenvalue weighted by molar-refractivity contribution is 9.10. The number of hydrogen-bond acceptors (Lipinski definition) is 5. The number of carbonyl (C=O) groups is 1. The first-order valence-corrected chi connectivity index (χ1v) is 10.7. The van der Waals surface area contributed by atoms with E-state index in [4.69, 9.17) is 26.4 Å². The highest BCUT2D eigenvalue weighted by Crippen LogP contribution is 2.41. The topological polar surface area (TPSA) is 68.8 Å². The summed E-state index contributed by atoms with van der Waals surface area (Å²) >= 11 is 9.00. The Balaban J connectivity index is 2.21. The van der Waals surface area contributed by atoms with Crippen molar-refractivity contribution < 1.29 is 19.0 Å². The van der Waals surface area contributed by atoms with Crippen LogP contribution >= 0.6 is 28.1 Å². The van der Waals surface area contributed by atoms with E-state index in [9.17, 15) is 4.79 Å². The van der Waals surface area contributed by atoms with Crippen LogP contribution in [-0.2, 0) is 9.53 Å². The third kappa shape index (κ3) is 4.60. The van der Waals surface area contributed by atoms with Crippen molar-refractivity contribution in [3.05, 3.63) is 63.6 Å². The van der Waals surface area contributed by atoms with Crippen molar-refractivity contribution in [3.63, 3.8) is 0 Å². The highest BCUT2D eigenvalue weighted by Gasteiger charge is 2.34. The van der Waals surface area contributed by atoms with Gasteiger partial charge in [-0.15, -0.1) is 0 Å². The van der Waals surface area contributed by atoms with E-state index >= 15 is 0 Å². The van der Waals surface area contributed by atoms with Crippen LogP contribution in [-0.4, -0.2) is 31.4 Å². The largest absolute Gasteiger partial charge is 0.492 e. The van der Waals surface area contributed by atoms with Crippen LogP contribution in [0.3, 0.4) is 0 Å². The predicted molar refractivity (Wildman–Crippen MR) is 123 cm³/mol. The number of benzene rings is 2. The summed E-state index contributed by atoms with van der Waals surface area (Å²) in [5.74, 6) is 0.732. The molecule has 158 valence electrons. The quantitative estimate of drug-likeness (QED) is 0.441. The first-order chi connectivity index (χ1) is 14.5. The van der Waals surface area contributed by atoms with E-state index in [1.807, 2.05) is 49.4 Å². The van der Waals surface area contributed by atoms with Gasteiger partial charge in [0.1, 0.15) is 0 Å². The average molecular weight is 491 g/mol. The van der Waals surface area contributed by atoms with Gasteiger partial charge >= 0.3 is 5.97 Å². The smallest absolute Gasteiger partial charge is 0.338 e. The molecule has 1 aliphatic rings. The van der Waals surface area contributed by atoms with Gasteiger partial charge in [0, 0.05) is 0 Å². The van der Waals surface area contributed by atoms with Crippen molar-refractivity contribution in [3.8, 4) is 11.5 Å². The summed E-state index contributed by atoms with van der Waals surface area (Å²) in [4.78, 5) is 13.0. The van der Waals surface area contributed by atoms with E-state index in [2.05, 4.69) is 26.6 Å². The zero-order valence-electron chi connectivity index (χ0n) is 17.0. The molecule has 2 aromatic carbocycles. The molecule has 1 aliphatic heterocycles. The molecule has 0 amide bonds. The molecule has 1 heterocycles. The maximum absolute atomic E-state index is 13.0. The van der Waals surface area contributed by atoms with Gasteiger partial charge in [0.05, 0.1) is 42.1 Å². The second kappa shape index (κ2) is 9.95. The zero-order valence-corrected chi connectivity index (χ0v) is 19.4. The van der Waals surface area contributed by atoms with Crippen LogP contribution in [0, 0.1) is 0 Å². The van der Waals surface area contributed by atoms with Crippen LogP contribution in [0.25, 0.3) is 5.70 Å². The summed E-state index contributed by atoms with van der Waals surface area (Å²) in [6.45, 7) is 4.41. The van der Waals surface area contributed by atoms with Gasteiger partial charge in [0.25, 0.3) is 0 Å². The molecule has 0 spiro atoms. The molecule has 3 rings (SSSR count). The number of carbonyl (C=O) groups excluding carboxylic acids is 1. The normalized spacial score (nSPS) is 15.9. The Morgan fingerprint density at radius 3 is 2.53 bits per heavy atom. The molecule has 2 aromatic rings. The van der Waals surface area contributed by atoms with Crippen LogP contribution in [0.5, 0.6) is 11.5 Å². The molecule has 0 fully saturated rings. The second-order valence-electron chi connectivity index (χ2n) is 6.37. The minimum atomic E-state index is -0.533. The molecule has 0 aromatic heterocycles. The van der Waals surface area contributed by atoms with Gasteiger partial charge in [-0.25, -0.2) is 4.79 Å². The Bertz CT molecular complexity index is 979. The lowest BCUT2D eigenvalue weighted by Crippen LogP contribution is -2.45. The molecule has 0 saturated carbocycles. The Hall–Kier alpha value is -2.58. The maximum atomic E-state index is 13.0. The lowest BCUT2D eigenvalue weighted by Gasteiger charge is -2.31. The molecule has 1 unspecified atom stereocenters. The van der Waals surface area contributed by atoms with Crippen molar-refractivity contribution in [1.29, 1.82) is 0 Å². The molecule has 1 atom stereocenters. The Labute approximate surface area is 189 Å². The van der Waals surface area contributed by atoms with Gasteiger partial charge in [-0.2, -0.15) is 0 Å². The lowest BCUT2D eigenvalue weighted by molar-refractivity contribution is -0.138. The summed E-state index contributed by atoms with van der Waals surface area (Å²) in [5.41, 5.74) is 2.68. The van der Waals surface area contributed by atoms with Gasteiger partial charge in [0.2, 0.25) is 0 Å². The molecule has 0 bridgehead atoms. The van der Waals surface area contributed by atoms with Crippen LogP contribution in [0.4, 0.5) is 0 Å². The van der Waals surface area contributed by atoms with E-state index in [-0.39, 0.29) is 6.61 Å². The van der Waals surface area contributed by atoms with Crippen molar-refractivity contribution in [1.82, 2.24) is 10.6 Å². The molecule has 0 saturated heterocycles. The van der Waals surface area contributed by atoms with Gasteiger partial charge < -0.3 is 24.8 Å². The SMILES string of the molecule is CCOC(=O)C1=C(c2ccccc2)NC(=S)NC1c1cc(Br)c(OC)c(OCC)c1. The third-order valence-corrected chi connectivity index (χ3v) is 5.31. The van der Waals surface area contributed by atoms with Crippen molar-refractivity contribution in [2.24, 2.45) is 0 Å². The van der Waals surface area contributed by atoms with Crippen molar-refractivity contribution in [2.75, 3.05) is 20.3 Å². The summed E-state index contributed by atoms with van der Waals surface area (Å²) in [6.07, 6.45) is 0. The maximum Gasteiger partial charge on any atom is 0.338 e. The first kappa shape index (κ1) is 22.1. The van der Waals surface area contributed by atoms with E-state index in [0.29, 0.717) is 39.0 Å². The van der Waals surface area contributed by atoms with E-state index in [0.717, 1.165) is 11.1 Å². The predicted octanol–water partition coefficient (Wildman–Crippen LogP) is 4.35. The summed E-state index contributed by atoms with van der Waals surface area (Å²) < 4.78 is 17.3. The summed E-state index contributed by atoms with van der Waals surface area (Å²) in [5, 5.41) is 6.74. The second-order valence-corrected chi connectivity index (χ2v) is 7.64. The summed E-state index contributed by atoms with van der Waals surface area (Å²) in [6, 6.07) is 12.8. The molecule has 8 heteroatoms. The monoisotopic (exact) mass is 490 g/mol. The number of esters is 1. The molecular formula is C22H23BrN2O4S. The highest BCUT2D eigenvalue weighted by atomic mass is 79.9. The van der Waals surface area contributed by atoms with Crippen LogP contribution in [0.2, 0.25) is 0 Å². The average Bonchev–Trinajstić information content (AvgIpc) is 2.74. The van der Waals surface area contributed by atoms with Gasteiger partial charge in [-0.1, -0.05) is 30.3 Å². The fourth-order valence-electron chi connectivity index (χ4n) is 3.29. The van der Waals surface area contributed by atoms with Crippen LogP contribution in [0.15, 0.2) is 52.5 Å². The van der Waals surface area contributed by atoms with E-state index in [1.165, 1.54) is 0 Å². The van der Waals surface area contributed by atoms with Gasteiger partial charge in [0.15, 0.2) is 16.6 Å². The van der Waals surface area contributed by atoms with Crippen molar-refractivity contribution >= 4 is 44.9 Å².